The summed E-state index contributed by atoms with van der Waals surface area (Å²) in [5, 5.41) is 3.40. The van der Waals surface area contributed by atoms with Crippen molar-refractivity contribution in [1.82, 2.24) is 5.32 Å². The van der Waals surface area contributed by atoms with Crippen LogP contribution in [-0.4, -0.2) is 13.2 Å². The highest BCUT2D eigenvalue weighted by Crippen LogP contribution is 2.22. The van der Waals surface area contributed by atoms with Gasteiger partial charge >= 0.3 is 0 Å². The maximum Gasteiger partial charge on any atom is 0.0684 e. The topological polar surface area (TPSA) is 15.3 Å². The van der Waals surface area contributed by atoms with Crippen molar-refractivity contribution in [2.45, 2.75) is 19.9 Å². The molecule has 1 aromatic rings. The van der Waals surface area contributed by atoms with E-state index in [2.05, 4.69) is 41.4 Å². The van der Waals surface area contributed by atoms with Gasteiger partial charge in [-0.2, -0.15) is 0 Å². The van der Waals surface area contributed by atoms with Crippen LogP contribution in [0.25, 0.3) is 0 Å². The first-order valence-electron chi connectivity index (χ1n) is 4.95. The number of fused-ring (bicyclic) bond motifs is 1. The quantitative estimate of drug-likeness (QED) is 0.741. The Hall–Kier alpha value is -1.02. The maximum absolute atomic E-state index is 3.40. The van der Waals surface area contributed by atoms with Gasteiger partial charge in [-0.05, 0) is 18.1 Å². The fourth-order valence-corrected chi connectivity index (χ4v) is 1.85. The van der Waals surface area contributed by atoms with Gasteiger partial charge in [-0.3, -0.25) is 5.32 Å². The van der Waals surface area contributed by atoms with Gasteiger partial charge in [0.05, 0.1) is 6.67 Å². The van der Waals surface area contributed by atoms with Gasteiger partial charge in [-0.1, -0.05) is 25.1 Å². The minimum absolute atomic E-state index is 0.991. The molecule has 0 aliphatic carbocycles. The van der Waals surface area contributed by atoms with E-state index < -0.39 is 0 Å². The lowest BCUT2D eigenvalue weighted by Crippen LogP contribution is -2.39. The van der Waals surface area contributed by atoms with Crippen molar-refractivity contribution in [2.24, 2.45) is 0 Å². The molecule has 0 spiro atoms. The van der Waals surface area contributed by atoms with E-state index in [0.29, 0.717) is 0 Å². The second-order valence-corrected chi connectivity index (χ2v) is 3.48. The number of para-hydroxylation sites is 1. The Kier molecular flexibility index (Phi) is 2.50. The maximum atomic E-state index is 3.40. The van der Waals surface area contributed by atoms with E-state index in [0.717, 1.165) is 19.8 Å². The number of anilines is 1. The van der Waals surface area contributed by atoms with Gasteiger partial charge in [-0.25, -0.2) is 0 Å². The zero-order valence-electron chi connectivity index (χ0n) is 8.09. The minimum Gasteiger partial charge on any atom is -0.358 e. The zero-order chi connectivity index (χ0) is 9.10. The van der Waals surface area contributed by atoms with Crippen molar-refractivity contribution >= 4 is 5.69 Å². The molecule has 1 aromatic carbocycles. The van der Waals surface area contributed by atoms with Crippen molar-refractivity contribution in [1.29, 1.82) is 0 Å². The van der Waals surface area contributed by atoms with Crippen LogP contribution < -0.4 is 10.2 Å². The average molecular weight is 176 g/mol. The van der Waals surface area contributed by atoms with Crippen LogP contribution in [0, 0.1) is 0 Å². The summed E-state index contributed by atoms with van der Waals surface area (Å²) in [7, 11) is 0. The Labute approximate surface area is 79.6 Å². The van der Waals surface area contributed by atoms with Gasteiger partial charge in [0.1, 0.15) is 0 Å². The van der Waals surface area contributed by atoms with Crippen molar-refractivity contribution in [3.05, 3.63) is 29.8 Å². The Balaban J connectivity index is 2.26. The standard InChI is InChI=1S/C11H16N2/c1-2-7-13-9-12-8-10-5-3-4-6-11(10)13/h3-6,12H,2,7-9H2,1H3. The molecule has 13 heavy (non-hydrogen) atoms. The molecule has 0 bridgehead atoms. The summed E-state index contributed by atoms with van der Waals surface area (Å²) in [4.78, 5) is 2.40. The molecule has 2 heteroatoms. The fraction of sp³-hybridized carbons (Fsp3) is 0.455. The first kappa shape index (κ1) is 8.57. The van der Waals surface area contributed by atoms with Gasteiger partial charge in [0.2, 0.25) is 0 Å². The highest BCUT2D eigenvalue weighted by Gasteiger charge is 2.13. The first-order chi connectivity index (χ1) is 6.42. The predicted octanol–water partition coefficient (Wildman–Crippen LogP) is 1.96. The molecule has 0 atom stereocenters. The summed E-state index contributed by atoms with van der Waals surface area (Å²) in [5.74, 6) is 0. The molecule has 0 radical (unpaired) electrons. The van der Waals surface area contributed by atoms with Crippen LogP contribution in [0.1, 0.15) is 18.9 Å². The van der Waals surface area contributed by atoms with Crippen LogP contribution in [0.3, 0.4) is 0 Å². The van der Waals surface area contributed by atoms with Crippen LogP contribution in [0.5, 0.6) is 0 Å². The Morgan fingerprint density at radius 1 is 1.38 bits per heavy atom. The van der Waals surface area contributed by atoms with E-state index in [4.69, 9.17) is 0 Å². The summed E-state index contributed by atoms with van der Waals surface area (Å²) in [6.07, 6.45) is 1.20. The molecule has 1 aliphatic heterocycles. The Bertz CT molecular complexity index is 283. The smallest absolute Gasteiger partial charge is 0.0684 e. The molecule has 70 valence electrons. The summed E-state index contributed by atoms with van der Waals surface area (Å²) in [6.45, 7) is 5.36. The first-order valence-corrected chi connectivity index (χ1v) is 4.95. The van der Waals surface area contributed by atoms with E-state index >= 15 is 0 Å². The van der Waals surface area contributed by atoms with Gasteiger partial charge in [0.25, 0.3) is 0 Å². The summed E-state index contributed by atoms with van der Waals surface area (Å²) in [5.41, 5.74) is 2.82. The molecule has 0 fully saturated rings. The molecule has 2 nitrogen and oxygen atoms in total. The normalized spacial score (nSPS) is 15.6. The number of nitrogens with one attached hydrogen (secondary N) is 1. The second-order valence-electron chi connectivity index (χ2n) is 3.48. The SMILES string of the molecule is CCCN1CNCc2ccccc21. The number of hydrogen-bond acceptors (Lipinski definition) is 2. The lowest BCUT2D eigenvalue weighted by Gasteiger charge is -2.31. The van der Waals surface area contributed by atoms with Crippen molar-refractivity contribution in [2.75, 3.05) is 18.1 Å². The summed E-state index contributed by atoms with van der Waals surface area (Å²) >= 11 is 0. The van der Waals surface area contributed by atoms with Crippen LogP contribution >= 0.6 is 0 Å². The van der Waals surface area contributed by atoms with E-state index in [1.54, 1.807) is 0 Å². The van der Waals surface area contributed by atoms with Crippen molar-refractivity contribution in [3.8, 4) is 0 Å². The van der Waals surface area contributed by atoms with Crippen LogP contribution in [0.4, 0.5) is 5.69 Å². The van der Waals surface area contributed by atoms with Crippen LogP contribution in [-0.2, 0) is 6.54 Å². The van der Waals surface area contributed by atoms with Crippen molar-refractivity contribution < 1.29 is 0 Å². The van der Waals surface area contributed by atoms with Crippen molar-refractivity contribution in [3.63, 3.8) is 0 Å². The third kappa shape index (κ3) is 1.68. The molecular weight excluding hydrogens is 160 g/mol. The fourth-order valence-electron chi connectivity index (χ4n) is 1.85. The molecule has 0 aromatic heterocycles. The lowest BCUT2D eigenvalue weighted by atomic mass is 10.1. The monoisotopic (exact) mass is 176 g/mol. The summed E-state index contributed by atoms with van der Waals surface area (Å²) in [6, 6.07) is 8.64. The number of nitrogens with zero attached hydrogens (tertiary/aromatic N) is 1. The van der Waals surface area contributed by atoms with E-state index in [9.17, 15) is 0 Å². The van der Waals surface area contributed by atoms with Gasteiger partial charge in [0, 0.05) is 18.8 Å². The Morgan fingerprint density at radius 3 is 3.08 bits per heavy atom. The largest absolute Gasteiger partial charge is 0.358 e. The summed E-state index contributed by atoms with van der Waals surface area (Å²) < 4.78 is 0. The third-order valence-electron chi connectivity index (χ3n) is 2.44. The van der Waals surface area contributed by atoms with Gasteiger partial charge < -0.3 is 4.90 Å². The molecule has 0 saturated heterocycles. The Morgan fingerprint density at radius 2 is 2.23 bits per heavy atom. The third-order valence-corrected chi connectivity index (χ3v) is 2.44. The number of rotatable bonds is 2. The molecular formula is C11H16N2. The average Bonchev–Trinajstić information content (AvgIpc) is 2.19. The minimum atomic E-state index is 0.991. The van der Waals surface area contributed by atoms with Crippen LogP contribution in [0.2, 0.25) is 0 Å². The van der Waals surface area contributed by atoms with Gasteiger partial charge in [0.15, 0.2) is 0 Å². The molecule has 1 heterocycles. The highest BCUT2D eigenvalue weighted by molar-refractivity contribution is 5.54. The molecule has 2 rings (SSSR count). The molecule has 1 aliphatic rings. The number of benzene rings is 1. The second kappa shape index (κ2) is 3.79. The van der Waals surface area contributed by atoms with E-state index in [-0.39, 0.29) is 0 Å². The van der Waals surface area contributed by atoms with Crippen LogP contribution in [0.15, 0.2) is 24.3 Å². The molecule has 0 unspecified atom stereocenters. The highest BCUT2D eigenvalue weighted by atomic mass is 15.2. The van der Waals surface area contributed by atoms with E-state index in [1.165, 1.54) is 17.7 Å². The van der Waals surface area contributed by atoms with E-state index in [1.807, 2.05) is 0 Å². The predicted molar refractivity (Wildman–Crippen MR) is 55.8 cm³/mol. The molecule has 0 saturated carbocycles. The number of hydrogen-bond donors (Lipinski definition) is 1. The molecule has 1 N–H and O–H groups in total. The molecule has 0 amide bonds. The zero-order valence-corrected chi connectivity index (χ0v) is 8.09. The lowest BCUT2D eigenvalue weighted by molar-refractivity contribution is 0.608. The van der Waals surface area contributed by atoms with Gasteiger partial charge in [-0.15, -0.1) is 0 Å².